The molecule has 26 heavy (non-hydrogen) atoms. The van der Waals surface area contributed by atoms with Crippen molar-refractivity contribution in [2.75, 3.05) is 7.11 Å². The van der Waals surface area contributed by atoms with Gasteiger partial charge in [-0.15, -0.1) is 13.2 Å². The van der Waals surface area contributed by atoms with Crippen LogP contribution in [-0.4, -0.2) is 53.7 Å². The number of nitrogens with zero attached hydrogens (tertiary/aromatic N) is 1. The number of nitrogens with one attached hydrogen (secondary N) is 1. The van der Waals surface area contributed by atoms with Crippen LogP contribution in [-0.2, 0) is 19.1 Å². The van der Waals surface area contributed by atoms with E-state index < -0.39 is 29.7 Å². The molecular formula is C19H30N2O5. The summed E-state index contributed by atoms with van der Waals surface area (Å²) in [6.07, 6.45) is 4.55. The molecule has 1 fully saturated rings. The molecule has 0 radical (unpaired) electrons. The molecule has 1 N–H and O–H groups in total. The SMILES string of the molecule is C=CCC1CC[C@@H](C(=O)OC)N1C(=O)[C@H](CC=C)NC(=O)OC(C)(C)C. The van der Waals surface area contributed by atoms with Crippen molar-refractivity contribution in [1.29, 1.82) is 0 Å². The Morgan fingerprint density at radius 2 is 1.88 bits per heavy atom. The second kappa shape index (κ2) is 9.40. The first-order chi connectivity index (χ1) is 12.1. The van der Waals surface area contributed by atoms with Crippen LogP contribution in [0.4, 0.5) is 4.79 Å². The quantitative estimate of drug-likeness (QED) is 0.553. The van der Waals surface area contributed by atoms with Gasteiger partial charge in [-0.1, -0.05) is 12.2 Å². The van der Waals surface area contributed by atoms with Crippen LogP contribution in [0.2, 0.25) is 0 Å². The van der Waals surface area contributed by atoms with E-state index >= 15 is 0 Å². The zero-order chi connectivity index (χ0) is 19.9. The van der Waals surface area contributed by atoms with Gasteiger partial charge in [0.2, 0.25) is 5.91 Å². The van der Waals surface area contributed by atoms with Crippen molar-refractivity contribution in [3.05, 3.63) is 25.3 Å². The smallest absolute Gasteiger partial charge is 0.408 e. The maximum absolute atomic E-state index is 13.1. The van der Waals surface area contributed by atoms with Crippen molar-refractivity contribution in [3.8, 4) is 0 Å². The predicted molar refractivity (Wildman–Crippen MR) is 98.5 cm³/mol. The van der Waals surface area contributed by atoms with Crippen LogP contribution >= 0.6 is 0 Å². The fraction of sp³-hybridized carbons (Fsp3) is 0.632. The minimum atomic E-state index is -0.861. The van der Waals surface area contributed by atoms with Gasteiger partial charge < -0.3 is 19.7 Å². The van der Waals surface area contributed by atoms with Crippen LogP contribution in [0.15, 0.2) is 25.3 Å². The standard InChI is InChI=1S/C19H30N2O5/c1-7-9-13-11-12-15(17(23)25-6)21(13)16(22)14(10-8-2)20-18(24)26-19(3,4)5/h7-8,13-15H,1-2,9-12H2,3-6H3,(H,20,24)/t13?,14-,15-/m0/s1. The van der Waals surface area contributed by atoms with Crippen molar-refractivity contribution in [2.24, 2.45) is 0 Å². The number of ether oxygens (including phenoxy) is 2. The van der Waals surface area contributed by atoms with Crippen molar-refractivity contribution in [1.82, 2.24) is 10.2 Å². The van der Waals surface area contributed by atoms with Crippen LogP contribution in [0.5, 0.6) is 0 Å². The number of methoxy groups -OCH3 is 1. The Hall–Kier alpha value is -2.31. The number of carbonyl (C=O) groups excluding carboxylic acids is 3. The summed E-state index contributed by atoms with van der Waals surface area (Å²) in [6, 6.07) is -1.68. The molecule has 1 heterocycles. The van der Waals surface area contributed by atoms with Crippen LogP contribution in [0.3, 0.4) is 0 Å². The number of hydrogen-bond acceptors (Lipinski definition) is 5. The molecule has 0 bridgehead atoms. The highest BCUT2D eigenvalue weighted by molar-refractivity contribution is 5.90. The van der Waals surface area contributed by atoms with Crippen LogP contribution in [0.25, 0.3) is 0 Å². The molecule has 0 aliphatic carbocycles. The van der Waals surface area contributed by atoms with Gasteiger partial charge in [-0.25, -0.2) is 9.59 Å². The van der Waals surface area contributed by atoms with Crippen LogP contribution < -0.4 is 5.32 Å². The van der Waals surface area contributed by atoms with E-state index in [-0.39, 0.29) is 18.4 Å². The fourth-order valence-corrected chi connectivity index (χ4v) is 3.03. The highest BCUT2D eigenvalue weighted by Crippen LogP contribution is 2.28. The lowest BCUT2D eigenvalue weighted by atomic mass is 10.1. The van der Waals surface area contributed by atoms with Crippen molar-refractivity contribution in [3.63, 3.8) is 0 Å². The molecular weight excluding hydrogens is 336 g/mol. The average Bonchev–Trinajstić information content (AvgIpc) is 2.95. The first kappa shape index (κ1) is 21.7. The highest BCUT2D eigenvalue weighted by Gasteiger charge is 2.43. The summed E-state index contributed by atoms with van der Waals surface area (Å²) in [5.41, 5.74) is -0.681. The lowest BCUT2D eigenvalue weighted by Gasteiger charge is -2.32. The van der Waals surface area contributed by atoms with Crippen LogP contribution in [0, 0.1) is 0 Å². The molecule has 2 amide bonds. The number of rotatable bonds is 7. The molecule has 0 aromatic carbocycles. The molecule has 1 saturated heterocycles. The zero-order valence-corrected chi connectivity index (χ0v) is 16.1. The first-order valence-corrected chi connectivity index (χ1v) is 8.76. The molecule has 7 nitrogen and oxygen atoms in total. The second-order valence-electron chi connectivity index (χ2n) is 7.26. The summed E-state index contributed by atoms with van der Waals surface area (Å²) >= 11 is 0. The summed E-state index contributed by atoms with van der Waals surface area (Å²) in [7, 11) is 1.30. The third-order valence-corrected chi connectivity index (χ3v) is 4.06. The van der Waals surface area contributed by atoms with Gasteiger partial charge in [0.15, 0.2) is 0 Å². The molecule has 146 valence electrons. The predicted octanol–water partition coefficient (Wildman–Crippen LogP) is 2.56. The largest absolute Gasteiger partial charge is 0.467 e. The lowest BCUT2D eigenvalue weighted by Crippen LogP contribution is -2.54. The van der Waals surface area contributed by atoms with Gasteiger partial charge in [0.25, 0.3) is 0 Å². The van der Waals surface area contributed by atoms with E-state index in [9.17, 15) is 14.4 Å². The molecule has 0 aromatic heterocycles. The van der Waals surface area contributed by atoms with E-state index in [1.807, 2.05) is 0 Å². The van der Waals surface area contributed by atoms with E-state index in [1.165, 1.54) is 12.0 Å². The molecule has 1 unspecified atom stereocenters. The van der Waals surface area contributed by atoms with Gasteiger partial charge >= 0.3 is 12.1 Å². The Bertz CT molecular complexity index is 553. The van der Waals surface area contributed by atoms with Crippen molar-refractivity contribution >= 4 is 18.0 Å². The van der Waals surface area contributed by atoms with Crippen LogP contribution in [0.1, 0.15) is 46.5 Å². The third-order valence-electron chi connectivity index (χ3n) is 4.06. The Morgan fingerprint density at radius 3 is 2.38 bits per heavy atom. The molecule has 0 saturated carbocycles. The average molecular weight is 366 g/mol. The lowest BCUT2D eigenvalue weighted by molar-refractivity contribution is -0.153. The summed E-state index contributed by atoms with van der Waals surface area (Å²) in [6.45, 7) is 12.6. The minimum absolute atomic E-state index is 0.156. The monoisotopic (exact) mass is 366 g/mol. The van der Waals surface area contributed by atoms with Gasteiger partial charge in [0, 0.05) is 6.04 Å². The summed E-state index contributed by atoms with van der Waals surface area (Å²) < 4.78 is 10.1. The number of likely N-dealkylation sites (tertiary alicyclic amines) is 1. The van der Waals surface area contributed by atoms with E-state index in [4.69, 9.17) is 9.47 Å². The number of amides is 2. The number of alkyl carbamates (subject to hydrolysis) is 1. The van der Waals surface area contributed by atoms with Gasteiger partial charge in [-0.2, -0.15) is 0 Å². The first-order valence-electron chi connectivity index (χ1n) is 8.76. The molecule has 3 atom stereocenters. The second-order valence-corrected chi connectivity index (χ2v) is 7.26. The normalized spacial score (nSPS) is 20.8. The van der Waals surface area contributed by atoms with E-state index in [0.29, 0.717) is 19.3 Å². The fourth-order valence-electron chi connectivity index (χ4n) is 3.03. The molecule has 0 spiro atoms. The molecule has 1 aliphatic heterocycles. The highest BCUT2D eigenvalue weighted by atomic mass is 16.6. The van der Waals surface area contributed by atoms with Gasteiger partial charge in [0.1, 0.15) is 17.7 Å². The van der Waals surface area contributed by atoms with Crippen molar-refractivity contribution in [2.45, 2.75) is 70.2 Å². The van der Waals surface area contributed by atoms with Gasteiger partial charge in [0.05, 0.1) is 7.11 Å². The maximum atomic E-state index is 13.1. The van der Waals surface area contributed by atoms with E-state index in [0.717, 1.165) is 0 Å². The number of carbonyl (C=O) groups is 3. The van der Waals surface area contributed by atoms with Crippen molar-refractivity contribution < 1.29 is 23.9 Å². The molecule has 1 aliphatic rings. The Balaban J connectivity index is 3.01. The third kappa shape index (κ3) is 5.89. The van der Waals surface area contributed by atoms with E-state index in [2.05, 4.69) is 18.5 Å². The zero-order valence-electron chi connectivity index (χ0n) is 16.1. The Morgan fingerprint density at radius 1 is 1.23 bits per heavy atom. The summed E-state index contributed by atoms with van der Waals surface area (Å²) in [5, 5.41) is 2.59. The van der Waals surface area contributed by atoms with E-state index in [1.54, 1.807) is 32.9 Å². The Labute approximate surface area is 155 Å². The van der Waals surface area contributed by atoms with Gasteiger partial charge in [-0.3, -0.25) is 4.79 Å². The minimum Gasteiger partial charge on any atom is -0.467 e. The maximum Gasteiger partial charge on any atom is 0.408 e. The summed E-state index contributed by atoms with van der Waals surface area (Å²) in [5.74, 6) is -0.810. The molecule has 7 heteroatoms. The topological polar surface area (TPSA) is 84.9 Å². The molecule has 0 aromatic rings. The molecule has 1 rings (SSSR count). The Kier molecular flexibility index (Phi) is 7.86. The number of esters is 1. The van der Waals surface area contributed by atoms with Gasteiger partial charge in [-0.05, 0) is 46.5 Å². The summed E-state index contributed by atoms with van der Waals surface area (Å²) in [4.78, 5) is 38.8. The number of hydrogen-bond donors (Lipinski definition) is 1.